The molecule has 9 nitrogen and oxygen atoms in total. The van der Waals surface area contributed by atoms with Gasteiger partial charge >= 0.3 is 12.0 Å². The van der Waals surface area contributed by atoms with E-state index in [0.717, 1.165) is 0 Å². The molecule has 0 spiro atoms. The molecule has 1 aromatic heterocycles. The van der Waals surface area contributed by atoms with Crippen molar-refractivity contribution in [3.8, 4) is 0 Å². The summed E-state index contributed by atoms with van der Waals surface area (Å²) in [4.78, 5) is 27.0. The molecular weight excluding hydrogens is 280 g/mol. The van der Waals surface area contributed by atoms with Gasteiger partial charge in [-0.2, -0.15) is 4.98 Å². The molecule has 1 aromatic rings. The second-order valence-corrected chi connectivity index (χ2v) is 5.18. The number of carboxylic acids is 1. The summed E-state index contributed by atoms with van der Waals surface area (Å²) in [5.41, 5.74) is -1.11. The summed E-state index contributed by atoms with van der Waals surface area (Å²) < 4.78 is 10.1. The number of aryl methyl sites for hydroxylation is 1. The molecule has 116 valence electrons. The number of hydrogen-bond donors (Lipinski definition) is 3. The van der Waals surface area contributed by atoms with Crippen LogP contribution in [0.2, 0.25) is 0 Å². The lowest BCUT2D eigenvalue weighted by Gasteiger charge is -2.25. The normalized spacial score (nSPS) is 24.8. The zero-order valence-electron chi connectivity index (χ0n) is 11.9. The Morgan fingerprint density at radius 2 is 2.29 bits per heavy atom. The molecule has 2 unspecified atom stereocenters. The fourth-order valence-corrected chi connectivity index (χ4v) is 2.02. The summed E-state index contributed by atoms with van der Waals surface area (Å²) in [6, 6.07) is -1.02. The molecule has 1 saturated heterocycles. The fourth-order valence-electron chi connectivity index (χ4n) is 2.02. The zero-order chi connectivity index (χ0) is 15.5. The Hall–Kier alpha value is -2.16. The highest BCUT2D eigenvalue weighted by atomic mass is 16.5. The SMILES string of the molecule is Cc1noc(CCNC(=O)NC2COCC2(C)C(=O)O)n1. The van der Waals surface area contributed by atoms with Crippen LogP contribution in [0.25, 0.3) is 0 Å². The molecule has 21 heavy (non-hydrogen) atoms. The Morgan fingerprint density at radius 1 is 1.52 bits per heavy atom. The Morgan fingerprint density at radius 3 is 2.90 bits per heavy atom. The van der Waals surface area contributed by atoms with Gasteiger partial charge in [0, 0.05) is 13.0 Å². The van der Waals surface area contributed by atoms with Crippen LogP contribution in [0.15, 0.2) is 4.52 Å². The van der Waals surface area contributed by atoms with Crippen molar-refractivity contribution in [1.29, 1.82) is 0 Å². The number of rotatable bonds is 5. The Kier molecular flexibility index (Phi) is 4.41. The van der Waals surface area contributed by atoms with Crippen molar-refractivity contribution in [2.24, 2.45) is 5.41 Å². The summed E-state index contributed by atoms with van der Waals surface area (Å²) >= 11 is 0. The topological polar surface area (TPSA) is 127 Å². The number of nitrogens with one attached hydrogen (secondary N) is 2. The highest BCUT2D eigenvalue weighted by Crippen LogP contribution is 2.28. The van der Waals surface area contributed by atoms with Crippen LogP contribution in [0.5, 0.6) is 0 Å². The average Bonchev–Trinajstić information content (AvgIpc) is 2.98. The number of urea groups is 1. The average molecular weight is 298 g/mol. The van der Waals surface area contributed by atoms with E-state index in [0.29, 0.717) is 24.7 Å². The maximum absolute atomic E-state index is 11.8. The van der Waals surface area contributed by atoms with Gasteiger partial charge in [-0.1, -0.05) is 5.16 Å². The molecule has 0 bridgehead atoms. The predicted octanol–water partition coefficient (Wildman–Crippen LogP) is -0.291. The lowest BCUT2D eigenvalue weighted by atomic mass is 9.85. The van der Waals surface area contributed by atoms with E-state index in [9.17, 15) is 14.7 Å². The molecule has 0 aliphatic carbocycles. The minimum Gasteiger partial charge on any atom is -0.481 e. The quantitative estimate of drug-likeness (QED) is 0.681. The highest BCUT2D eigenvalue weighted by Gasteiger charge is 2.47. The van der Waals surface area contributed by atoms with Crippen LogP contribution < -0.4 is 10.6 Å². The molecule has 9 heteroatoms. The number of carbonyl (C=O) groups is 2. The van der Waals surface area contributed by atoms with Gasteiger partial charge in [0.1, 0.15) is 5.41 Å². The van der Waals surface area contributed by atoms with Crippen LogP contribution in [0.1, 0.15) is 18.6 Å². The first-order valence-electron chi connectivity index (χ1n) is 6.56. The third-order valence-electron chi connectivity index (χ3n) is 3.44. The third-order valence-corrected chi connectivity index (χ3v) is 3.44. The van der Waals surface area contributed by atoms with Crippen LogP contribution in [0.4, 0.5) is 4.79 Å². The van der Waals surface area contributed by atoms with Crippen LogP contribution in [-0.2, 0) is 16.0 Å². The number of ether oxygens (including phenoxy) is 1. The summed E-state index contributed by atoms with van der Waals surface area (Å²) in [5.74, 6) is -0.0196. The first-order chi connectivity index (χ1) is 9.91. The molecular formula is C12H18N4O5. The fraction of sp³-hybridized carbons (Fsp3) is 0.667. The van der Waals surface area contributed by atoms with Crippen LogP contribution >= 0.6 is 0 Å². The molecule has 1 aliphatic rings. The van der Waals surface area contributed by atoms with E-state index in [4.69, 9.17) is 9.26 Å². The number of carbonyl (C=O) groups excluding carboxylic acids is 1. The number of amides is 2. The van der Waals surface area contributed by atoms with Crippen LogP contribution in [-0.4, -0.2) is 53.0 Å². The van der Waals surface area contributed by atoms with Crippen molar-refractivity contribution in [1.82, 2.24) is 20.8 Å². The minimum atomic E-state index is -1.11. The summed E-state index contributed by atoms with van der Waals surface area (Å²) in [6.45, 7) is 3.83. The lowest BCUT2D eigenvalue weighted by molar-refractivity contribution is -0.148. The third kappa shape index (κ3) is 3.48. The van der Waals surface area contributed by atoms with Crippen molar-refractivity contribution < 1.29 is 24.0 Å². The number of hydrogen-bond acceptors (Lipinski definition) is 6. The standard InChI is InChI=1S/C12H18N4O5/c1-7-14-9(21-16-7)3-4-13-11(19)15-8-5-20-6-12(8,2)10(17)18/h8H,3-6H2,1-2H3,(H,17,18)(H2,13,15,19). The summed E-state index contributed by atoms with van der Waals surface area (Å²) in [7, 11) is 0. The van der Waals surface area contributed by atoms with Gasteiger partial charge in [-0.3, -0.25) is 4.79 Å². The smallest absolute Gasteiger partial charge is 0.315 e. The minimum absolute atomic E-state index is 0.0779. The molecule has 2 rings (SSSR count). The predicted molar refractivity (Wildman–Crippen MR) is 69.6 cm³/mol. The molecule has 1 fully saturated rings. The molecule has 0 aromatic carbocycles. The largest absolute Gasteiger partial charge is 0.481 e. The molecule has 1 aliphatic heterocycles. The van der Waals surface area contributed by atoms with E-state index in [-0.39, 0.29) is 13.2 Å². The van der Waals surface area contributed by atoms with Crippen molar-refractivity contribution in [3.05, 3.63) is 11.7 Å². The molecule has 2 amide bonds. The first kappa shape index (κ1) is 15.2. The second kappa shape index (κ2) is 6.08. The molecule has 0 saturated carbocycles. The monoisotopic (exact) mass is 298 g/mol. The zero-order valence-corrected chi connectivity index (χ0v) is 11.9. The van der Waals surface area contributed by atoms with Crippen LogP contribution in [0, 0.1) is 12.3 Å². The molecule has 3 N–H and O–H groups in total. The Balaban J connectivity index is 1.78. The van der Waals surface area contributed by atoms with Gasteiger partial charge < -0.3 is 25.0 Å². The summed E-state index contributed by atoms with van der Waals surface area (Å²) in [5, 5.41) is 18.1. The first-order valence-corrected chi connectivity index (χ1v) is 6.56. The van der Waals surface area contributed by atoms with Gasteiger partial charge in [0.05, 0.1) is 19.3 Å². The number of aliphatic carboxylic acids is 1. The molecule has 2 heterocycles. The molecule has 0 radical (unpaired) electrons. The van der Waals surface area contributed by atoms with Gasteiger partial charge in [0.25, 0.3) is 0 Å². The van der Waals surface area contributed by atoms with Crippen molar-refractivity contribution in [3.63, 3.8) is 0 Å². The van der Waals surface area contributed by atoms with Gasteiger partial charge in [0.2, 0.25) is 5.89 Å². The van der Waals surface area contributed by atoms with Gasteiger partial charge in [0.15, 0.2) is 5.82 Å². The van der Waals surface area contributed by atoms with Gasteiger partial charge in [-0.05, 0) is 13.8 Å². The highest BCUT2D eigenvalue weighted by molar-refractivity contribution is 5.79. The van der Waals surface area contributed by atoms with Crippen molar-refractivity contribution in [2.75, 3.05) is 19.8 Å². The van der Waals surface area contributed by atoms with E-state index < -0.39 is 23.5 Å². The van der Waals surface area contributed by atoms with Crippen molar-refractivity contribution in [2.45, 2.75) is 26.3 Å². The van der Waals surface area contributed by atoms with E-state index in [2.05, 4.69) is 20.8 Å². The summed E-state index contributed by atoms with van der Waals surface area (Å²) in [6.07, 6.45) is 0.408. The van der Waals surface area contributed by atoms with Crippen LogP contribution in [0.3, 0.4) is 0 Å². The lowest BCUT2D eigenvalue weighted by Crippen LogP contribution is -2.52. The number of nitrogens with zero attached hydrogens (tertiary/aromatic N) is 2. The number of aromatic nitrogens is 2. The van der Waals surface area contributed by atoms with E-state index in [1.165, 1.54) is 0 Å². The van der Waals surface area contributed by atoms with Gasteiger partial charge in [-0.25, -0.2) is 4.79 Å². The van der Waals surface area contributed by atoms with E-state index in [1.54, 1.807) is 13.8 Å². The molecule has 2 atom stereocenters. The number of carboxylic acid groups (broad SMARTS) is 1. The Labute approximate surface area is 121 Å². The van der Waals surface area contributed by atoms with Crippen molar-refractivity contribution >= 4 is 12.0 Å². The Bertz CT molecular complexity index is 531. The van der Waals surface area contributed by atoms with E-state index >= 15 is 0 Å². The maximum Gasteiger partial charge on any atom is 0.315 e. The van der Waals surface area contributed by atoms with E-state index in [1.807, 2.05) is 0 Å². The van der Waals surface area contributed by atoms with Gasteiger partial charge in [-0.15, -0.1) is 0 Å². The maximum atomic E-state index is 11.8. The second-order valence-electron chi connectivity index (χ2n) is 5.18.